The Balaban J connectivity index is 2.08. The van der Waals surface area contributed by atoms with Crippen LogP contribution in [0.25, 0.3) is 31.8 Å². The number of aromatic nitrogens is 3. The molecular formula is C17H11ClN4S. The first kappa shape index (κ1) is 14.1. The number of thiophene rings is 1. The highest BCUT2D eigenvalue weighted by Crippen LogP contribution is 2.45. The molecule has 0 saturated heterocycles. The van der Waals surface area contributed by atoms with E-state index >= 15 is 0 Å². The predicted octanol–water partition coefficient (Wildman–Crippen LogP) is 4.66. The maximum Gasteiger partial charge on any atom is 0.136 e. The lowest BCUT2D eigenvalue weighted by Gasteiger charge is -2.06. The summed E-state index contributed by atoms with van der Waals surface area (Å²) in [4.78, 5) is 14.6. The maximum absolute atomic E-state index is 6.13. The van der Waals surface area contributed by atoms with E-state index < -0.39 is 0 Å². The van der Waals surface area contributed by atoms with Gasteiger partial charge in [0.1, 0.15) is 22.1 Å². The minimum absolute atomic E-state index is 0.468. The number of hydrogen-bond donors (Lipinski definition) is 1. The molecular weight excluding hydrogens is 328 g/mol. The Kier molecular flexibility index (Phi) is 3.44. The molecule has 6 heteroatoms. The van der Waals surface area contributed by atoms with Gasteiger partial charge < -0.3 is 5.73 Å². The standard InChI is InChI=1S/C17H11ClN4S/c18-12-7-6-11(8-20-12)15-13(10-4-2-1-3-5-10)14-16(19)21-9-22-17(14)23-15/h1-9H,(H2,19,21,22). The number of benzene rings is 1. The summed E-state index contributed by atoms with van der Waals surface area (Å²) in [5.74, 6) is 0.485. The van der Waals surface area contributed by atoms with E-state index in [1.807, 2.05) is 24.3 Å². The molecule has 2 N–H and O–H groups in total. The number of fused-ring (bicyclic) bond motifs is 1. The van der Waals surface area contributed by atoms with Crippen molar-refractivity contribution in [1.82, 2.24) is 15.0 Å². The van der Waals surface area contributed by atoms with Crippen molar-refractivity contribution in [3.63, 3.8) is 0 Å². The fourth-order valence-corrected chi connectivity index (χ4v) is 3.82. The van der Waals surface area contributed by atoms with E-state index in [1.165, 1.54) is 6.33 Å². The smallest absolute Gasteiger partial charge is 0.136 e. The highest BCUT2D eigenvalue weighted by Gasteiger charge is 2.19. The van der Waals surface area contributed by atoms with Crippen LogP contribution in [-0.4, -0.2) is 15.0 Å². The summed E-state index contributed by atoms with van der Waals surface area (Å²) in [6, 6.07) is 13.8. The van der Waals surface area contributed by atoms with Gasteiger partial charge in [-0.25, -0.2) is 15.0 Å². The second-order valence-electron chi connectivity index (χ2n) is 4.98. The first-order valence-electron chi connectivity index (χ1n) is 6.94. The first-order chi connectivity index (χ1) is 11.2. The van der Waals surface area contributed by atoms with E-state index in [0.717, 1.165) is 31.8 Å². The molecule has 0 fully saturated rings. The van der Waals surface area contributed by atoms with E-state index in [2.05, 4.69) is 27.1 Å². The van der Waals surface area contributed by atoms with Crippen LogP contribution in [-0.2, 0) is 0 Å². The second-order valence-corrected chi connectivity index (χ2v) is 6.37. The molecule has 0 unspecified atom stereocenters. The lowest BCUT2D eigenvalue weighted by atomic mass is 10.0. The minimum Gasteiger partial charge on any atom is -0.383 e. The maximum atomic E-state index is 6.13. The Bertz CT molecular complexity index is 981. The number of pyridine rings is 1. The quantitative estimate of drug-likeness (QED) is 0.540. The molecule has 0 bridgehead atoms. The van der Waals surface area contributed by atoms with Crippen molar-refractivity contribution >= 4 is 39.0 Å². The molecule has 0 saturated carbocycles. The van der Waals surface area contributed by atoms with Crippen LogP contribution in [0.4, 0.5) is 5.82 Å². The third kappa shape index (κ3) is 2.44. The first-order valence-corrected chi connectivity index (χ1v) is 8.14. The molecule has 23 heavy (non-hydrogen) atoms. The van der Waals surface area contributed by atoms with E-state index in [1.54, 1.807) is 23.6 Å². The van der Waals surface area contributed by atoms with Crippen LogP contribution >= 0.6 is 22.9 Å². The van der Waals surface area contributed by atoms with Crippen LogP contribution in [0, 0.1) is 0 Å². The molecule has 0 aliphatic carbocycles. The summed E-state index contributed by atoms with van der Waals surface area (Å²) in [7, 11) is 0. The van der Waals surface area contributed by atoms with Crippen molar-refractivity contribution in [3.05, 3.63) is 60.1 Å². The van der Waals surface area contributed by atoms with Crippen molar-refractivity contribution in [2.24, 2.45) is 0 Å². The van der Waals surface area contributed by atoms with Gasteiger partial charge in [-0.1, -0.05) is 41.9 Å². The summed E-state index contributed by atoms with van der Waals surface area (Å²) in [5, 5.41) is 1.35. The zero-order valence-electron chi connectivity index (χ0n) is 11.9. The zero-order valence-corrected chi connectivity index (χ0v) is 13.5. The van der Waals surface area contributed by atoms with Gasteiger partial charge in [-0.2, -0.15) is 0 Å². The number of rotatable bonds is 2. The van der Waals surface area contributed by atoms with Crippen LogP contribution < -0.4 is 5.73 Å². The van der Waals surface area contributed by atoms with Gasteiger partial charge in [-0.05, 0) is 17.7 Å². The molecule has 0 radical (unpaired) electrons. The summed E-state index contributed by atoms with van der Waals surface area (Å²) in [6.45, 7) is 0. The summed E-state index contributed by atoms with van der Waals surface area (Å²) in [5.41, 5.74) is 9.22. The van der Waals surface area contributed by atoms with Gasteiger partial charge in [0.25, 0.3) is 0 Å². The Labute approximate surface area is 141 Å². The topological polar surface area (TPSA) is 64.7 Å². The van der Waals surface area contributed by atoms with Gasteiger partial charge in [0.15, 0.2) is 0 Å². The molecule has 0 spiro atoms. The van der Waals surface area contributed by atoms with Crippen molar-refractivity contribution in [2.75, 3.05) is 5.73 Å². The summed E-state index contributed by atoms with van der Waals surface area (Å²) >= 11 is 7.49. The Morgan fingerprint density at radius 3 is 2.48 bits per heavy atom. The second kappa shape index (κ2) is 5.61. The van der Waals surface area contributed by atoms with E-state index in [9.17, 15) is 0 Å². The van der Waals surface area contributed by atoms with Gasteiger partial charge in [0.05, 0.1) is 5.39 Å². The number of nitrogen functional groups attached to an aromatic ring is 1. The molecule has 3 aromatic heterocycles. The fourth-order valence-electron chi connectivity index (χ4n) is 2.55. The molecule has 4 rings (SSSR count). The zero-order chi connectivity index (χ0) is 15.8. The van der Waals surface area contributed by atoms with Crippen molar-refractivity contribution in [3.8, 4) is 21.6 Å². The van der Waals surface area contributed by atoms with Crippen LogP contribution in [0.5, 0.6) is 0 Å². The van der Waals surface area contributed by atoms with Crippen LogP contribution in [0.3, 0.4) is 0 Å². The molecule has 1 aromatic carbocycles. The van der Waals surface area contributed by atoms with Gasteiger partial charge in [-0.3, -0.25) is 0 Å². The average Bonchev–Trinajstić information content (AvgIpc) is 2.97. The number of anilines is 1. The Morgan fingerprint density at radius 1 is 0.913 bits per heavy atom. The van der Waals surface area contributed by atoms with E-state index in [4.69, 9.17) is 17.3 Å². The predicted molar refractivity (Wildman–Crippen MR) is 95.5 cm³/mol. The molecule has 4 aromatic rings. The van der Waals surface area contributed by atoms with Gasteiger partial charge in [0.2, 0.25) is 0 Å². The van der Waals surface area contributed by atoms with Crippen molar-refractivity contribution < 1.29 is 0 Å². The number of nitrogens with zero attached hydrogens (tertiary/aromatic N) is 3. The number of halogens is 1. The molecule has 3 heterocycles. The fraction of sp³-hybridized carbons (Fsp3) is 0. The van der Waals surface area contributed by atoms with Crippen molar-refractivity contribution in [2.45, 2.75) is 0 Å². The normalized spacial score (nSPS) is 11.0. The van der Waals surface area contributed by atoms with E-state index in [0.29, 0.717) is 11.0 Å². The Hall–Kier alpha value is -2.50. The number of hydrogen-bond acceptors (Lipinski definition) is 5. The molecule has 0 amide bonds. The largest absolute Gasteiger partial charge is 0.383 e. The Morgan fingerprint density at radius 2 is 1.74 bits per heavy atom. The SMILES string of the molecule is Nc1ncnc2sc(-c3ccc(Cl)nc3)c(-c3ccccc3)c12. The molecule has 4 nitrogen and oxygen atoms in total. The van der Waals surface area contributed by atoms with E-state index in [-0.39, 0.29) is 0 Å². The lowest BCUT2D eigenvalue weighted by Crippen LogP contribution is -1.92. The summed E-state index contributed by atoms with van der Waals surface area (Å²) < 4.78 is 0. The highest BCUT2D eigenvalue weighted by molar-refractivity contribution is 7.22. The lowest BCUT2D eigenvalue weighted by molar-refractivity contribution is 1.24. The molecule has 0 aliphatic heterocycles. The molecule has 112 valence electrons. The van der Waals surface area contributed by atoms with Gasteiger partial charge >= 0.3 is 0 Å². The third-order valence-corrected chi connectivity index (χ3v) is 4.94. The van der Waals surface area contributed by atoms with Crippen LogP contribution in [0.2, 0.25) is 5.15 Å². The third-order valence-electron chi connectivity index (χ3n) is 3.57. The van der Waals surface area contributed by atoms with Gasteiger partial charge in [0, 0.05) is 22.2 Å². The van der Waals surface area contributed by atoms with Gasteiger partial charge in [-0.15, -0.1) is 11.3 Å². The van der Waals surface area contributed by atoms with Crippen LogP contribution in [0.15, 0.2) is 55.0 Å². The summed E-state index contributed by atoms with van der Waals surface area (Å²) in [6.07, 6.45) is 3.26. The number of nitrogens with two attached hydrogens (primary N) is 1. The van der Waals surface area contributed by atoms with Crippen LogP contribution in [0.1, 0.15) is 0 Å². The van der Waals surface area contributed by atoms with Crippen molar-refractivity contribution in [1.29, 1.82) is 0 Å². The minimum atomic E-state index is 0.468. The molecule has 0 aliphatic rings. The average molecular weight is 339 g/mol. The highest BCUT2D eigenvalue weighted by atomic mass is 35.5. The monoisotopic (exact) mass is 338 g/mol. The molecule has 0 atom stereocenters.